The van der Waals surface area contributed by atoms with E-state index in [9.17, 15) is 14.7 Å². The topological polar surface area (TPSA) is 70.8 Å². The number of benzene rings is 2. The number of aliphatic hydroxyl groups excluding tert-OH is 1. The van der Waals surface area contributed by atoms with Crippen molar-refractivity contribution in [3.05, 3.63) is 79.1 Å². The summed E-state index contributed by atoms with van der Waals surface area (Å²) < 4.78 is 6.53. The first-order valence-electron chi connectivity index (χ1n) is 7.95. The van der Waals surface area contributed by atoms with Gasteiger partial charge in [-0.15, -0.1) is 0 Å². The Kier molecular flexibility index (Phi) is 4.34. The average Bonchev–Trinajstić information content (AvgIpc) is 2.89. The van der Waals surface area contributed by atoms with E-state index in [0.29, 0.717) is 21.6 Å². The summed E-state index contributed by atoms with van der Waals surface area (Å²) in [6, 6.07) is 11.4. The smallest absolute Gasteiger partial charge is 0.290 e. The van der Waals surface area contributed by atoms with Gasteiger partial charge < -0.3 is 14.4 Å². The van der Waals surface area contributed by atoms with Gasteiger partial charge in [0.2, 0.25) is 5.76 Å². The van der Waals surface area contributed by atoms with Crippen LogP contribution in [0.25, 0.3) is 11.0 Å². The fourth-order valence-electron chi connectivity index (χ4n) is 3.35. The SMILES string of the molecule is O=C1c2oc3ccc(Br)cc3c(=O)c2[C@H](c2cccc(Cl)c2)N1CCO. The average molecular weight is 435 g/mol. The fraction of sp³-hybridized carbons (Fsp3) is 0.158. The van der Waals surface area contributed by atoms with E-state index in [1.807, 2.05) is 0 Å². The molecule has 0 saturated carbocycles. The molecule has 7 heteroatoms. The molecular weight excluding hydrogens is 422 g/mol. The summed E-state index contributed by atoms with van der Waals surface area (Å²) in [5, 5.41) is 10.3. The number of rotatable bonds is 3. The Morgan fingerprint density at radius 1 is 1.19 bits per heavy atom. The third-order valence-corrected chi connectivity index (χ3v) is 5.16. The van der Waals surface area contributed by atoms with Crippen LogP contribution >= 0.6 is 27.5 Å². The predicted octanol–water partition coefficient (Wildman–Crippen LogP) is 3.75. The number of carbonyl (C=O) groups excluding carboxylic acids is 1. The molecule has 0 fully saturated rings. The normalized spacial score (nSPS) is 16.3. The van der Waals surface area contributed by atoms with Crippen molar-refractivity contribution >= 4 is 44.4 Å². The number of carbonyl (C=O) groups is 1. The Morgan fingerprint density at radius 3 is 2.73 bits per heavy atom. The minimum Gasteiger partial charge on any atom is -0.450 e. The molecule has 2 aromatic carbocycles. The van der Waals surface area contributed by atoms with Crippen LogP contribution in [-0.4, -0.2) is 29.1 Å². The lowest BCUT2D eigenvalue weighted by Gasteiger charge is -2.24. The predicted molar refractivity (Wildman–Crippen MR) is 102 cm³/mol. The van der Waals surface area contributed by atoms with Gasteiger partial charge in [0.25, 0.3) is 5.91 Å². The van der Waals surface area contributed by atoms with Crippen molar-refractivity contribution in [2.24, 2.45) is 0 Å². The van der Waals surface area contributed by atoms with Crippen molar-refractivity contribution in [2.45, 2.75) is 6.04 Å². The summed E-state index contributed by atoms with van der Waals surface area (Å²) in [6.07, 6.45) is 0. The molecule has 1 aliphatic rings. The molecule has 0 unspecified atom stereocenters. The summed E-state index contributed by atoms with van der Waals surface area (Å²) >= 11 is 9.46. The van der Waals surface area contributed by atoms with Crippen LogP contribution < -0.4 is 5.43 Å². The van der Waals surface area contributed by atoms with Crippen LogP contribution in [0.1, 0.15) is 27.7 Å². The second-order valence-corrected chi connectivity index (χ2v) is 7.35. The maximum absolute atomic E-state index is 13.2. The molecule has 0 radical (unpaired) electrons. The first kappa shape index (κ1) is 17.3. The molecule has 0 bridgehead atoms. The van der Waals surface area contributed by atoms with Gasteiger partial charge in [0.05, 0.1) is 23.6 Å². The maximum atomic E-state index is 13.2. The van der Waals surface area contributed by atoms with Gasteiger partial charge in [-0.2, -0.15) is 0 Å². The summed E-state index contributed by atoms with van der Waals surface area (Å²) in [6.45, 7) is -0.143. The molecular formula is C19H13BrClNO4. The number of hydrogen-bond donors (Lipinski definition) is 1. The molecule has 1 N–H and O–H groups in total. The van der Waals surface area contributed by atoms with Crippen molar-refractivity contribution in [3.8, 4) is 0 Å². The molecule has 0 saturated heterocycles. The molecule has 132 valence electrons. The molecule has 26 heavy (non-hydrogen) atoms. The van der Waals surface area contributed by atoms with Crippen molar-refractivity contribution < 1.29 is 14.3 Å². The van der Waals surface area contributed by atoms with Crippen LogP contribution in [0.15, 0.2) is 56.1 Å². The van der Waals surface area contributed by atoms with Gasteiger partial charge in [-0.25, -0.2) is 0 Å². The number of amides is 1. The lowest BCUT2D eigenvalue weighted by atomic mass is 9.98. The lowest BCUT2D eigenvalue weighted by molar-refractivity contribution is 0.0691. The highest BCUT2D eigenvalue weighted by atomic mass is 79.9. The Labute approximate surface area is 161 Å². The van der Waals surface area contributed by atoms with Crippen LogP contribution in [-0.2, 0) is 0 Å². The van der Waals surface area contributed by atoms with E-state index in [1.54, 1.807) is 42.5 Å². The zero-order chi connectivity index (χ0) is 18.4. The number of β-amino-alcohol motifs (C(OH)–C–C–N with tert-alkyl or cyclic N) is 1. The first-order valence-corrected chi connectivity index (χ1v) is 9.12. The molecule has 5 nitrogen and oxygen atoms in total. The second-order valence-electron chi connectivity index (χ2n) is 5.99. The standard InChI is InChI=1S/C19H13BrClNO4/c20-11-4-5-14-13(9-11)17(24)15-16(10-2-1-3-12(21)8-10)22(6-7-23)19(25)18(15)26-14/h1-5,8-9,16,23H,6-7H2/t16-/m0/s1. The largest absolute Gasteiger partial charge is 0.450 e. The van der Waals surface area contributed by atoms with Gasteiger partial charge >= 0.3 is 0 Å². The van der Waals surface area contributed by atoms with Crippen LogP contribution in [0.4, 0.5) is 0 Å². The highest BCUT2D eigenvalue weighted by Gasteiger charge is 2.42. The molecule has 1 atom stereocenters. The number of aliphatic hydroxyl groups is 1. The third-order valence-electron chi connectivity index (χ3n) is 4.43. The van der Waals surface area contributed by atoms with Crippen LogP contribution in [0.5, 0.6) is 0 Å². The van der Waals surface area contributed by atoms with Crippen LogP contribution in [0, 0.1) is 0 Å². The fourth-order valence-corrected chi connectivity index (χ4v) is 3.91. The Morgan fingerprint density at radius 2 is 2.00 bits per heavy atom. The molecule has 4 rings (SSSR count). The van der Waals surface area contributed by atoms with Crippen molar-refractivity contribution in [2.75, 3.05) is 13.2 Å². The molecule has 0 aliphatic carbocycles. The van der Waals surface area contributed by atoms with Crippen LogP contribution in [0.3, 0.4) is 0 Å². The van der Waals surface area contributed by atoms with E-state index in [2.05, 4.69) is 15.9 Å². The number of hydrogen-bond acceptors (Lipinski definition) is 4. The zero-order valence-electron chi connectivity index (χ0n) is 13.4. The number of nitrogens with zero attached hydrogens (tertiary/aromatic N) is 1. The zero-order valence-corrected chi connectivity index (χ0v) is 15.8. The maximum Gasteiger partial charge on any atom is 0.290 e. The Balaban J connectivity index is 2.03. The summed E-state index contributed by atoms with van der Waals surface area (Å²) in [5.74, 6) is -0.399. The molecule has 2 heterocycles. The highest BCUT2D eigenvalue weighted by molar-refractivity contribution is 9.10. The summed E-state index contributed by atoms with van der Waals surface area (Å²) in [5.41, 5.74) is 1.05. The van der Waals surface area contributed by atoms with E-state index < -0.39 is 11.9 Å². The van der Waals surface area contributed by atoms with Crippen LogP contribution in [0.2, 0.25) is 5.02 Å². The Bertz CT molecular complexity index is 1090. The second kappa shape index (κ2) is 6.54. The molecule has 1 aromatic heterocycles. The molecule has 1 aliphatic heterocycles. The number of fused-ring (bicyclic) bond motifs is 2. The van der Waals surface area contributed by atoms with Gasteiger partial charge in [-0.1, -0.05) is 39.7 Å². The van der Waals surface area contributed by atoms with E-state index in [0.717, 1.165) is 4.47 Å². The minimum atomic E-state index is -0.650. The highest BCUT2D eigenvalue weighted by Crippen LogP contribution is 2.38. The number of halogens is 2. The minimum absolute atomic E-state index is 0.0169. The quantitative estimate of drug-likeness (QED) is 0.682. The molecule has 3 aromatic rings. The van der Waals surface area contributed by atoms with E-state index >= 15 is 0 Å². The van der Waals surface area contributed by atoms with E-state index in [4.69, 9.17) is 16.0 Å². The van der Waals surface area contributed by atoms with Gasteiger partial charge in [0, 0.05) is 16.0 Å². The monoisotopic (exact) mass is 433 g/mol. The Hall–Kier alpha value is -2.15. The third kappa shape index (κ3) is 2.65. The van der Waals surface area contributed by atoms with Gasteiger partial charge in [0.1, 0.15) is 5.58 Å². The van der Waals surface area contributed by atoms with Gasteiger partial charge in [-0.05, 0) is 35.9 Å². The van der Waals surface area contributed by atoms with Crippen molar-refractivity contribution in [3.63, 3.8) is 0 Å². The van der Waals surface area contributed by atoms with Crippen molar-refractivity contribution in [1.29, 1.82) is 0 Å². The molecule has 0 spiro atoms. The van der Waals surface area contributed by atoms with E-state index in [1.165, 1.54) is 4.90 Å². The first-order chi connectivity index (χ1) is 12.5. The summed E-state index contributed by atoms with van der Waals surface area (Å²) in [7, 11) is 0. The van der Waals surface area contributed by atoms with Gasteiger partial charge in [-0.3, -0.25) is 9.59 Å². The lowest BCUT2D eigenvalue weighted by Crippen LogP contribution is -2.32. The van der Waals surface area contributed by atoms with Gasteiger partial charge in [0.15, 0.2) is 5.43 Å². The van der Waals surface area contributed by atoms with E-state index in [-0.39, 0.29) is 29.9 Å². The van der Waals surface area contributed by atoms with Crippen molar-refractivity contribution in [1.82, 2.24) is 4.90 Å². The summed E-state index contributed by atoms with van der Waals surface area (Å²) in [4.78, 5) is 27.5. The molecule has 1 amide bonds.